The number of nitrogens with zero attached hydrogens (tertiary/aromatic N) is 2. The van der Waals surface area contributed by atoms with E-state index >= 15 is 4.39 Å². The van der Waals surface area contributed by atoms with Crippen LogP contribution >= 0.6 is 0 Å². The predicted octanol–water partition coefficient (Wildman–Crippen LogP) is 6.01. The average molecular weight is 474 g/mol. The highest BCUT2D eigenvalue weighted by Crippen LogP contribution is 2.30. The summed E-state index contributed by atoms with van der Waals surface area (Å²) < 4.78 is 54.2. The summed E-state index contributed by atoms with van der Waals surface area (Å²) in [6.07, 6.45) is 3.59. The summed E-state index contributed by atoms with van der Waals surface area (Å²) in [7, 11) is 0. The molecule has 0 spiro atoms. The number of carbonyl (C=O) groups excluding carboxylic acids is 1. The van der Waals surface area contributed by atoms with Gasteiger partial charge in [0.2, 0.25) is 0 Å². The minimum absolute atomic E-state index is 0.0582. The molecular weight excluding hydrogens is 457 g/mol. The third-order valence-corrected chi connectivity index (χ3v) is 5.12. The number of halogens is 3. The number of rotatable bonds is 8. The van der Waals surface area contributed by atoms with E-state index in [1.165, 1.54) is 42.6 Å². The van der Waals surface area contributed by atoms with Crippen LogP contribution in [0.2, 0.25) is 0 Å². The zero-order chi connectivity index (χ0) is 24.8. The van der Waals surface area contributed by atoms with Gasteiger partial charge in [-0.15, -0.1) is 0 Å². The van der Waals surface area contributed by atoms with Gasteiger partial charge in [-0.25, -0.2) is 13.2 Å². The number of carbonyl (C=O) groups is 1. The molecule has 0 radical (unpaired) electrons. The first-order chi connectivity index (χ1) is 17.0. The number of benzene rings is 3. The monoisotopic (exact) mass is 474 g/mol. The number of hydrogen-bond donors (Lipinski definition) is 0. The summed E-state index contributed by atoms with van der Waals surface area (Å²) in [6, 6.07) is 15.3. The van der Waals surface area contributed by atoms with Crippen molar-refractivity contribution in [1.29, 1.82) is 5.26 Å². The molecular formula is C27H17F3N2O3. The summed E-state index contributed by atoms with van der Waals surface area (Å²) in [5.41, 5.74) is 1.14. The van der Waals surface area contributed by atoms with E-state index in [0.717, 1.165) is 18.2 Å². The van der Waals surface area contributed by atoms with E-state index in [1.54, 1.807) is 12.3 Å². The van der Waals surface area contributed by atoms with Gasteiger partial charge in [0.15, 0.2) is 6.29 Å². The van der Waals surface area contributed by atoms with E-state index in [0.29, 0.717) is 23.2 Å². The summed E-state index contributed by atoms with van der Waals surface area (Å²) in [4.78, 5) is 15.4. The SMILES string of the molecule is N#Cc1cncc(COc2cc(OCc3cccc(-c4cc(F)ccc4F)c3F)ccc2C=O)c1. The van der Waals surface area contributed by atoms with Gasteiger partial charge in [-0.3, -0.25) is 9.78 Å². The van der Waals surface area contributed by atoms with E-state index < -0.39 is 17.5 Å². The third-order valence-electron chi connectivity index (χ3n) is 5.12. The fraction of sp³-hybridized carbons (Fsp3) is 0.0741. The van der Waals surface area contributed by atoms with Crippen molar-refractivity contribution in [2.45, 2.75) is 13.2 Å². The van der Waals surface area contributed by atoms with Gasteiger partial charge in [0.25, 0.3) is 0 Å². The molecule has 0 aliphatic carbocycles. The number of pyridine rings is 1. The molecule has 0 fully saturated rings. The van der Waals surface area contributed by atoms with Crippen LogP contribution in [0.25, 0.3) is 11.1 Å². The molecule has 0 unspecified atom stereocenters. The minimum atomic E-state index is -0.745. The Bertz CT molecular complexity index is 1430. The van der Waals surface area contributed by atoms with Gasteiger partial charge in [0.1, 0.15) is 48.2 Å². The zero-order valence-electron chi connectivity index (χ0n) is 18.2. The van der Waals surface area contributed by atoms with Gasteiger partial charge < -0.3 is 9.47 Å². The molecule has 0 bridgehead atoms. The molecule has 174 valence electrons. The molecule has 0 aliphatic heterocycles. The van der Waals surface area contributed by atoms with Gasteiger partial charge in [-0.05, 0) is 36.4 Å². The lowest BCUT2D eigenvalue weighted by Crippen LogP contribution is -2.03. The number of ether oxygens (including phenoxy) is 2. The second-order valence-electron chi connectivity index (χ2n) is 7.49. The van der Waals surface area contributed by atoms with Crippen LogP contribution in [0.4, 0.5) is 13.2 Å². The fourth-order valence-corrected chi connectivity index (χ4v) is 3.38. The first-order valence-electron chi connectivity index (χ1n) is 10.4. The Morgan fingerprint density at radius 1 is 0.914 bits per heavy atom. The minimum Gasteiger partial charge on any atom is -0.489 e. The third kappa shape index (κ3) is 5.47. The van der Waals surface area contributed by atoms with Crippen LogP contribution in [0.15, 0.2) is 73.1 Å². The molecule has 4 aromatic rings. The molecule has 1 heterocycles. The van der Waals surface area contributed by atoms with Crippen molar-refractivity contribution in [2.24, 2.45) is 0 Å². The number of hydrogen-bond acceptors (Lipinski definition) is 5. The van der Waals surface area contributed by atoms with E-state index in [4.69, 9.17) is 14.7 Å². The smallest absolute Gasteiger partial charge is 0.153 e. The number of aldehydes is 1. The maximum Gasteiger partial charge on any atom is 0.153 e. The van der Waals surface area contributed by atoms with E-state index in [1.807, 2.05) is 6.07 Å². The second-order valence-corrected chi connectivity index (χ2v) is 7.49. The Kier molecular flexibility index (Phi) is 7.07. The van der Waals surface area contributed by atoms with Crippen molar-refractivity contribution < 1.29 is 27.4 Å². The van der Waals surface area contributed by atoms with Gasteiger partial charge >= 0.3 is 0 Å². The van der Waals surface area contributed by atoms with Crippen LogP contribution in [0, 0.1) is 28.8 Å². The highest BCUT2D eigenvalue weighted by molar-refractivity contribution is 5.79. The fourth-order valence-electron chi connectivity index (χ4n) is 3.38. The maximum atomic E-state index is 15.1. The summed E-state index contributed by atoms with van der Waals surface area (Å²) in [6.45, 7) is -0.146. The molecule has 0 aliphatic rings. The van der Waals surface area contributed by atoms with E-state index in [-0.39, 0.29) is 41.2 Å². The standard InChI is InChI=1S/C27H17F3N2O3/c28-21-5-7-25(29)24(9-21)23-3-1-2-20(27(23)30)16-34-22-6-4-19(14-33)26(10-22)35-15-18-8-17(11-31)12-32-13-18/h1-10,12-14H,15-16H2. The molecule has 0 saturated carbocycles. The Hall–Kier alpha value is -4.64. The van der Waals surface area contributed by atoms with Crippen LogP contribution in [0.3, 0.4) is 0 Å². The number of aromatic nitrogens is 1. The van der Waals surface area contributed by atoms with Crippen LogP contribution in [-0.2, 0) is 13.2 Å². The topological polar surface area (TPSA) is 72.2 Å². The quantitative estimate of drug-likeness (QED) is 0.293. The molecule has 0 N–H and O–H groups in total. The summed E-state index contributed by atoms with van der Waals surface area (Å²) in [5.74, 6) is -1.62. The average Bonchev–Trinajstić information content (AvgIpc) is 2.88. The van der Waals surface area contributed by atoms with Crippen LogP contribution in [0.1, 0.15) is 27.0 Å². The van der Waals surface area contributed by atoms with Crippen molar-refractivity contribution in [3.63, 3.8) is 0 Å². The van der Waals surface area contributed by atoms with Gasteiger partial charge in [0, 0.05) is 40.7 Å². The summed E-state index contributed by atoms with van der Waals surface area (Å²) in [5, 5.41) is 8.99. The molecule has 0 saturated heterocycles. The normalized spacial score (nSPS) is 10.5. The van der Waals surface area contributed by atoms with Crippen LogP contribution in [-0.4, -0.2) is 11.3 Å². The molecule has 0 amide bonds. The first-order valence-corrected chi connectivity index (χ1v) is 10.4. The Morgan fingerprint density at radius 2 is 1.77 bits per heavy atom. The Balaban J connectivity index is 1.52. The van der Waals surface area contributed by atoms with Crippen molar-refractivity contribution >= 4 is 6.29 Å². The van der Waals surface area contributed by atoms with Crippen molar-refractivity contribution in [1.82, 2.24) is 4.98 Å². The lowest BCUT2D eigenvalue weighted by molar-refractivity contribution is 0.111. The first kappa shape index (κ1) is 23.5. The molecule has 35 heavy (non-hydrogen) atoms. The van der Waals surface area contributed by atoms with E-state index in [9.17, 15) is 13.6 Å². The predicted molar refractivity (Wildman–Crippen MR) is 121 cm³/mol. The maximum absolute atomic E-state index is 15.1. The molecule has 8 heteroatoms. The lowest BCUT2D eigenvalue weighted by Gasteiger charge is -2.13. The van der Waals surface area contributed by atoms with Gasteiger partial charge in [-0.2, -0.15) is 5.26 Å². The molecule has 4 rings (SSSR count). The molecule has 5 nitrogen and oxygen atoms in total. The van der Waals surface area contributed by atoms with E-state index in [2.05, 4.69) is 4.98 Å². The molecule has 3 aromatic carbocycles. The second kappa shape index (κ2) is 10.5. The molecule has 0 atom stereocenters. The van der Waals surface area contributed by atoms with Crippen molar-refractivity contribution in [2.75, 3.05) is 0 Å². The highest BCUT2D eigenvalue weighted by Gasteiger charge is 2.15. The largest absolute Gasteiger partial charge is 0.489 e. The van der Waals surface area contributed by atoms with Crippen LogP contribution < -0.4 is 9.47 Å². The Labute approximate surface area is 199 Å². The number of nitriles is 1. The van der Waals surface area contributed by atoms with Gasteiger partial charge in [0.05, 0.1) is 11.1 Å². The van der Waals surface area contributed by atoms with Gasteiger partial charge in [-0.1, -0.05) is 18.2 Å². The molecule has 1 aromatic heterocycles. The zero-order valence-corrected chi connectivity index (χ0v) is 18.2. The Morgan fingerprint density at radius 3 is 2.57 bits per heavy atom. The summed E-state index contributed by atoms with van der Waals surface area (Å²) >= 11 is 0. The highest BCUT2D eigenvalue weighted by atomic mass is 19.1. The van der Waals surface area contributed by atoms with Crippen molar-refractivity contribution in [3.8, 4) is 28.7 Å². The lowest BCUT2D eigenvalue weighted by atomic mass is 10.0. The van der Waals surface area contributed by atoms with Crippen LogP contribution in [0.5, 0.6) is 11.5 Å². The van der Waals surface area contributed by atoms with Crippen molar-refractivity contribution in [3.05, 3.63) is 113 Å².